The van der Waals surface area contributed by atoms with Crippen LogP contribution >= 0.6 is 11.6 Å². The van der Waals surface area contributed by atoms with E-state index in [1.807, 2.05) is 25.1 Å². The van der Waals surface area contributed by atoms with E-state index in [9.17, 15) is 4.79 Å². The average Bonchev–Trinajstić information content (AvgIpc) is 2.07. The highest BCUT2D eigenvalue weighted by molar-refractivity contribution is 6.31. The van der Waals surface area contributed by atoms with Gasteiger partial charge in [-0.2, -0.15) is 0 Å². The Morgan fingerprint density at radius 2 is 2.17 bits per heavy atom. The van der Waals surface area contributed by atoms with Gasteiger partial charge < -0.3 is 0 Å². The van der Waals surface area contributed by atoms with Gasteiger partial charge in [-0.15, -0.1) is 0 Å². The Morgan fingerprint density at radius 3 is 2.75 bits per heavy atom. The van der Waals surface area contributed by atoms with Gasteiger partial charge in [-0.25, -0.2) is 0 Å². The minimum absolute atomic E-state index is 0.725. The van der Waals surface area contributed by atoms with Gasteiger partial charge in [0, 0.05) is 5.02 Å². The number of halogens is 1. The molecule has 0 bridgehead atoms. The molecule has 0 saturated heterocycles. The van der Waals surface area contributed by atoms with Gasteiger partial charge >= 0.3 is 0 Å². The summed E-state index contributed by atoms with van der Waals surface area (Å²) >= 11 is 5.87. The van der Waals surface area contributed by atoms with E-state index >= 15 is 0 Å². The summed E-state index contributed by atoms with van der Waals surface area (Å²) in [6.07, 6.45) is 3.91. The molecular formula is C10H9ClO. The van der Waals surface area contributed by atoms with Gasteiger partial charge in [-0.05, 0) is 30.2 Å². The Labute approximate surface area is 76.7 Å². The highest BCUT2D eigenvalue weighted by Crippen LogP contribution is 2.17. The average molecular weight is 181 g/mol. The lowest BCUT2D eigenvalue weighted by molar-refractivity contribution is -0.104. The molecule has 0 spiro atoms. The fourth-order valence-corrected chi connectivity index (χ4v) is 1.05. The van der Waals surface area contributed by atoms with Crippen LogP contribution in [0.3, 0.4) is 0 Å². The van der Waals surface area contributed by atoms with Gasteiger partial charge in [-0.3, -0.25) is 4.79 Å². The molecule has 1 aromatic carbocycles. The largest absolute Gasteiger partial charge is 0.299 e. The van der Waals surface area contributed by atoms with Crippen molar-refractivity contribution in [2.75, 3.05) is 0 Å². The number of allylic oxidation sites excluding steroid dienone is 1. The molecule has 0 aliphatic heterocycles. The predicted octanol–water partition coefficient (Wildman–Crippen LogP) is 2.86. The number of aryl methyl sites for hydroxylation is 1. The minimum Gasteiger partial charge on any atom is -0.299 e. The lowest BCUT2D eigenvalue weighted by Crippen LogP contribution is -1.77. The fraction of sp³-hybridized carbons (Fsp3) is 0.100. The molecule has 12 heavy (non-hydrogen) atoms. The highest BCUT2D eigenvalue weighted by atomic mass is 35.5. The number of carbonyl (C=O) groups is 1. The molecule has 0 amide bonds. The Hall–Kier alpha value is -1.08. The van der Waals surface area contributed by atoms with Gasteiger partial charge in [0.2, 0.25) is 0 Å². The van der Waals surface area contributed by atoms with E-state index in [0.717, 1.165) is 22.4 Å². The van der Waals surface area contributed by atoms with Crippen LogP contribution in [-0.4, -0.2) is 6.29 Å². The Bertz CT molecular complexity index is 316. The molecule has 0 aliphatic rings. The van der Waals surface area contributed by atoms with E-state index in [1.54, 1.807) is 6.08 Å². The summed E-state index contributed by atoms with van der Waals surface area (Å²) in [6, 6.07) is 5.67. The summed E-state index contributed by atoms with van der Waals surface area (Å²) in [5.41, 5.74) is 1.98. The van der Waals surface area contributed by atoms with Crippen LogP contribution in [0, 0.1) is 6.92 Å². The van der Waals surface area contributed by atoms with Crippen LogP contribution in [0.5, 0.6) is 0 Å². The SMILES string of the molecule is Cc1ccc(C=CC=O)cc1Cl. The number of benzene rings is 1. The molecule has 62 valence electrons. The second-order valence-corrected chi connectivity index (χ2v) is 2.91. The van der Waals surface area contributed by atoms with Crippen LogP contribution in [0.1, 0.15) is 11.1 Å². The summed E-state index contributed by atoms with van der Waals surface area (Å²) in [4.78, 5) is 10.0. The molecule has 0 saturated carbocycles. The third kappa shape index (κ3) is 2.21. The maximum absolute atomic E-state index is 10.0. The van der Waals surface area contributed by atoms with Crippen LogP contribution < -0.4 is 0 Å². The van der Waals surface area contributed by atoms with Crippen LogP contribution in [0.15, 0.2) is 24.3 Å². The van der Waals surface area contributed by atoms with Gasteiger partial charge in [0.05, 0.1) is 0 Å². The van der Waals surface area contributed by atoms with E-state index in [0.29, 0.717) is 0 Å². The number of aldehydes is 1. The van der Waals surface area contributed by atoms with Gasteiger partial charge in [-0.1, -0.05) is 29.8 Å². The molecule has 0 heterocycles. The first-order valence-electron chi connectivity index (χ1n) is 3.62. The first-order valence-corrected chi connectivity index (χ1v) is 4.00. The van der Waals surface area contributed by atoms with Crippen molar-refractivity contribution in [2.24, 2.45) is 0 Å². The monoisotopic (exact) mass is 180 g/mol. The van der Waals surface area contributed by atoms with Crippen molar-refractivity contribution in [1.82, 2.24) is 0 Å². The lowest BCUT2D eigenvalue weighted by atomic mass is 10.1. The van der Waals surface area contributed by atoms with Crippen molar-refractivity contribution in [3.63, 3.8) is 0 Å². The number of rotatable bonds is 2. The molecule has 2 heteroatoms. The summed E-state index contributed by atoms with van der Waals surface area (Å²) in [5.74, 6) is 0. The molecule has 0 aromatic heterocycles. The lowest BCUT2D eigenvalue weighted by Gasteiger charge is -1.97. The first kappa shape index (κ1) is 9.01. The second kappa shape index (κ2) is 4.07. The van der Waals surface area contributed by atoms with E-state index in [2.05, 4.69) is 0 Å². The van der Waals surface area contributed by atoms with Crippen molar-refractivity contribution >= 4 is 24.0 Å². The second-order valence-electron chi connectivity index (χ2n) is 2.50. The van der Waals surface area contributed by atoms with Crippen molar-refractivity contribution in [1.29, 1.82) is 0 Å². The minimum atomic E-state index is 0.725. The maximum atomic E-state index is 10.0. The van der Waals surface area contributed by atoms with Crippen LogP contribution in [0.25, 0.3) is 6.08 Å². The predicted molar refractivity (Wildman–Crippen MR) is 51.3 cm³/mol. The number of carbonyl (C=O) groups excluding carboxylic acids is 1. The standard InChI is InChI=1S/C10H9ClO/c1-8-4-5-9(3-2-6-12)7-10(8)11/h2-7H,1H3. The van der Waals surface area contributed by atoms with E-state index < -0.39 is 0 Å². The first-order chi connectivity index (χ1) is 5.74. The van der Waals surface area contributed by atoms with Crippen LogP contribution in [0.4, 0.5) is 0 Å². The number of hydrogen-bond acceptors (Lipinski definition) is 1. The quantitative estimate of drug-likeness (QED) is 0.505. The van der Waals surface area contributed by atoms with Gasteiger partial charge in [0.1, 0.15) is 6.29 Å². The van der Waals surface area contributed by atoms with Gasteiger partial charge in [0.15, 0.2) is 0 Å². The fourth-order valence-electron chi connectivity index (χ4n) is 0.863. The summed E-state index contributed by atoms with van der Waals surface area (Å²) in [7, 11) is 0. The van der Waals surface area contributed by atoms with E-state index in [1.165, 1.54) is 6.08 Å². The third-order valence-corrected chi connectivity index (χ3v) is 1.97. The normalized spacial score (nSPS) is 10.5. The molecular weight excluding hydrogens is 172 g/mol. The maximum Gasteiger partial charge on any atom is 0.142 e. The van der Waals surface area contributed by atoms with E-state index in [-0.39, 0.29) is 0 Å². The molecule has 0 aliphatic carbocycles. The zero-order valence-electron chi connectivity index (χ0n) is 6.75. The van der Waals surface area contributed by atoms with E-state index in [4.69, 9.17) is 11.6 Å². The van der Waals surface area contributed by atoms with Crippen LogP contribution in [-0.2, 0) is 4.79 Å². The molecule has 1 nitrogen and oxygen atoms in total. The zero-order chi connectivity index (χ0) is 8.97. The molecule has 0 N–H and O–H groups in total. The van der Waals surface area contributed by atoms with Crippen LogP contribution in [0.2, 0.25) is 5.02 Å². The van der Waals surface area contributed by atoms with Crippen molar-refractivity contribution in [3.05, 3.63) is 40.4 Å². The van der Waals surface area contributed by atoms with Crippen molar-refractivity contribution in [3.8, 4) is 0 Å². The summed E-state index contributed by atoms with van der Waals surface area (Å²) < 4.78 is 0. The summed E-state index contributed by atoms with van der Waals surface area (Å²) in [5, 5.41) is 0.725. The Balaban J connectivity index is 2.96. The summed E-state index contributed by atoms with van der Waals surface area (Å²) in [6.45, 7) is 1.94. The van der Waals surface area contributed by atoms with Crippen molar-refractivity contribution < 1.29 is 4.79 Å². The Kier molecular flexibility index (Phi) is 3.06. The molecule has 1 rings (SSSR count). The third-order valence-electron chi connectivity index (χ3n) is 1.56. The Morgan fingerprint density at radius 1 is 1.42 bits per heavy atom. The molecule has 0 fully saturated rings. The molecule has 1 aromatic rings. The van der Waals surface area contributed by atoms with Crippen molar-refractivity contribution in [2.45, 2.75) is 6.92 Å². The van der Waals surface area contributed by atoms with Gasteiger partial charge in [0.25, 0.3) is 0 Å². The molecule has 0 radical (unpaired) electrons. The zero-order valence-corrected chi connectivity index (χ0v) is 7.51. The highest BCUT2D eigenvalue weighted by Gasteiger charge is 1.93. The smallest absolute Gasteiger partial charge is 0.142 e. The molecule has 0 atom stereocenters. The number of hydrogen-bond donors (Lipinski definition) is 0. The topological polar surface area (TPSA) is 17.1 Å². The molecule has 0 unspecified atom stereocenters.